The first-order valence-corrected chi connectivity index (χ1v) is 5.97. The minimum Gasteiger partial charge on any atom is -0.325 e. The second kappa shape index (κ2) is 4.88. The number of nitrogens with two attached hydrogens (primary N) is 1. The van der Waals surface area contributed by atoms with Gasteiger partial charge in [-0.15, -0.1) is 0 Å². The lowest BCUT2D eigenvalue weighted by Gasteiger charge is -2.21. The van der Waals surface area contributed by atoms with Gasteiger partial charge >= 0.3 is 7.82 Å². The largest absolute Gasteiger partial charge is 0.470 e. The third-order valence-electron chi connectivity index (χ3n) is 1.86. The highest BCUT2D eigenvalue weighted by Crippen LogP contribution is 2.43. The summed E-state index contributed by atoms with van der Waals surface area (Å²) in [4.78, 5) is 17.5. The average Bonchev–Trinajstić information content (AvgIpc) is 2.14. The van der Waals surface area contributed by atoms with Crippen molar-refractivity contribution < 1.29 is 18.9 Å². The first kappa shape index (κ1) is 12.4. The van der Waals surface area contributed by atoms with Gasteiger partial charge in [-0.2, -0.15) is 0 Å². The van der Waals surface area contributed by atoms with Crippen molar-refractivity contribution in [2.45, 2.75) is 19.1 Å². The second-order valence-corrected chi connectivity index (χ2v) is 4.48. The smallest absolute Gasteiger partial charge is 0.325 e. The molecule has 1 rings (SSSR count). The molecule has 0 fully saturated rings. The summed E-state index contributed by atoms with van der Waals surface area (Å²) in [5.74, 6) is 0. The molecule has 0 aliphatic carbocycles. The van der Waals surface area contributed by atoms with Gasteiger partial charge < -0.3 is 15.5 Å². The van der Waals surface area contributed by atoms with Crippen molar-refractivity contribution in [2.75, 3.05) is 0 Å². The van der Waals surface area contributed by atoms with E-state index in [0.29, 0.717) is 5.56 Å². The predicted octanol–water partition coefficient (Wildman–Crippen LogP) is 1.18. The zero-order valence-corrected chi connectivity index (χ0v) is 9.17. The Hall–Kier alpha value is -0.710. The van der Waals surface area contributed by atoms with E-state index in [0.717, 1.165) is 0 Å². The summed E-state index contributed by atoms with van der Waals surface area (Å²) >= 11 is 0. The summed E-state index contributed by atoms with van der Waals surface area (Å²) in [7, 11) is -4.52. The van der Waals surface area contributed by atoms with Crippen LogP contribution in [-0.2, 0) is 9.09 Å². The molecule has 0 aromatic heterocycles. The zero-order valence-electron chi connectivity index (χ0n) is 8.28. The van der Waals surface area contributed by atoms with Gasteiger partial charge in [0, 0.05) is 6.04 Å². The summed E-state index contributed by atoms with van der Waals surface area (Å²) in [6.45, 7) is 1.63. The van der Waals surface area contributed by atoms with Gasteiger partial charge in [-0.1, -0.05) is 30.3 Å². The highest BCUT2D eigenvalue weighted by Gasteiger charge is 2.26. The Kier molecular flexibility index (Phi) is 4.02. The van der Waals surface area contributed by atoms with Crippen LogP contribution in [0, 0.1) is 0 Å². The van der Waals surface area contributed by atoms with Crippen molar-refractivity contribution >= 4 is 7.82 Å². The van der Waals surface area contributed by atoms with Crippen molar-refractivity contribution in [3.63, 3.8) is 0 Å². The summed E-state index contributed by atoms with van der Waals surface area (Å²) in [5.41, 5.74) is 6.26. The van der Waals surface area contributed by atoms with Crippen LogP contribution in [0.4, 0.5) is 0 Å². The van der Waals surface area contributed by atoms with E-state index in [1.54, 1.807) is 37.3 Å². The lowest BCUT2D eigenvalue weighted by atomic mass is 10.0. The monoisotopic (exact) mass is 231 g/mol. The van der Waals surface area contributed by atoms with Crippen LogP contribution in [-0.4, -0.2) is 15.8 Å². The van der Waals surface area contributed by atoms with Gasteiger partial charge in [0.05, 0.1) is 0 Å². The van der Waals surface area contributed by atoms with Gasteiger partial charge in [-0.05, 0) is 12.5 Å². The summed E-state index contributed by atoms with van der Waals surface area (Å²) < 4.78 is 15.4. The van der Waals surface area contributed by atoms with Gasteiger partial charge in [0.1, 0.15) is 6.10 Å². The van der Waals surface area contributed by atoms with Crippen molar-refractivity contribution in [1.82, 2.24) is 0 Å². The standard InChI is InChI=1S/C9H14NO4P/c1-7(10)9(14-15(11,12)13)8-5-3-2-4-6-8/h2-7,9H,10H2,1H3,(H2,11,12,13). The normalized spacial score (nSPS) is 16.0. The van der Waals surface area contributed by atoms with Crippen LogP contribution < -0.4 is 5.73 Å². The maximum atomic E-state index is 10.7. The molecule has 0 bridgehead atoms. The number of hydrogen-bond acceptors (Lipinski definition) is 3. The topological polar surface area (TPSA) is 92.8 Å². The Bertz CT molecular complexity index is 348. The zero-order chi connectivity index (χ0) is 11.5. The highest BCUT2D eigenvalue weighted by molar-refractivity contribution is 7.46. The van der Waals surface area contributed by atoms with Crippen molar-refractivity contribution in [3.8, 4) is 0 Å². The molecule has 5 nitrogen and oxygen atoms in total. The van der Waals surface area contributed by atoms with Gasteiger partial charge in [0.15, 0.2) is 0 Å². The van der Waals surface area contributed by atoms with Crippen LogP contribution >= 0.6 is 7.82 Å². The second-order valence-electron chi connectivity index (χ2n) is 3.29. The Balaban J connectivity index is 2.90. The van der Waals surface area contributed by atoms with E-state index in [1.807, 2.05) is 0 Å². The van der Waals surface area contributed by atoms with Crippen LogP contribution in [0.3, 0.4) is 0 Å². The molecule has 0 spiro atoms. The molecule has 0 radical (unpaired) electrons. The van der Waals surface area contributed by atoms with E-state index in [2.05, 4.69) is 4.52 Å². The van der Waals surface area contributed by atoms with E-state index in [4.69, 9.17) is 15.5 Å². The summed E-state index contributed by atoms with van der Waals surface area (Å²) in [5, 5.41) is 0. The van der Waals surface area contributed by atoms with E-state index in [1.165, 1.54) is 0 Å². The van der Waals surface area contributed by atoms with Crippen LogP contribution in [0.1, 0.15) is 18.6 Å². The summed E-state index contributed by atoms with van der Waals surface area (Å²) in [6, 6.07) is 8.24. The SMILES string of the molecule is CC(N)C(OP(=O)(O)O)c1ccccc1. The molecule has 6 heteroatoms. The molecule has 1 aromatic rings. The van der Waals surface area contributed by atoms with Crippen LogP contribution in [0.2, 0.25) is 0 Å². The van der Waals surface area contributed by atoms with Crippen LogP contribution in [0.25, 0.3) is 0 Å². The first-order valence-electron chi connectivity index (χ1n) is 4.44. The molecule has 0 aliphatic rings. The quantitative estimate of drug-likeness (QED) is 0.676. The van der Waals surface area contributed by atoms with Crippen molar-refractivity contribution in [1.29, 1.82) is 0 Å². The third-order valence-corrected chi connectivity index (χ3v) is 2.36. The molecule has 4 N–H and O–H groups in total. The van der Waals surface area contributed by atoms with Crippen molar-refractivity contribution in [3.05, 3.63) is 35.9 Å². The maximum absolute atomic E-state index is 10.7. The van der Waals surface area contributed by atoms with Gasteiger partial charge in [0.25, 0.3) is 0 Å². The summed E-state index contributed by atoms with van der Waals surface area (Å²) in [6.07, 6.45) is -0.799. The van der Waals surface area contributed by atoms with E-state index in [-0.39, 0.29) is 0 Å². The lowest BCUT2D eigenvalue weighted by Crippen LogP contribution is -2.26. The number of phosphoric acid groups is 1. The van der Waals surface area contributed by atoms with Gasteiger partial charge in [0.2, 0.25) is 0 Å². The lowest BCUT2D eigenvalue weighted by molar-refractivity contribution is 0.118. The van der Waals surface area contributed by atoms with E-state index >= 15 is 0 Å². The Morgan fingerprint density at radius 3 is 2.27 bits per heavy atom. The molecule has 0 heterocycles. The third kappa shape index (κ3) is 4.11. The Morgan fingerprint density at radius 2 is 1.87 bits per heavy atom. The Morgan fingerprint density at radius 1 is 1.33 bits per heavy atom. The molecule has 1 aromatic carbocycles. The minimum absolute atomic E-state index is 0.500. The Labute approximate surface area is 88.1 Å². The van der Waals surface area contributed by atoms with E-state index < -0.39 is 20.0 Å². The number of benzene rings is 1. The van der Waals surface area contributed by atoms with Gasteiger partial charge in [-0.3, -0.25) is 4.52 Å². The first-order chi connectivity index (χ1) is 6.90. The number of phosphoric ester groups is 1. The molecule has 0 saturated heterocycles. The van der Waals surface area contributed by atoms with Gasteiger partial charge in [-0.25, -0.2) is 4.57 Å². The predicted molar refractivity (Wildman–Crippen MR) is 56.0 cm³/mol. The fraction of sp³-hybridized carbons (Fsp3) is 0.333. The van der Waals surface area contributed by atoms with Crippen molar-refractivity contribution in [2.24, 2.45) is 5.73 Å². The molecule has 2 atom stereocenters. The average molecular weight is 231 g/mol. The fourth-order valence-electron chi connectivity index (χ4n) is 1.25. The highest BCUT2D eigenvalue weighted by atomic mass is 31.2. The molecule has 0 amide bonds. The number of rotatable bonds is 4. The molecule has 0 saturated carbocycles. The fourth-order valence-corrected chi connectivity index (χ4v) is 1.86. The minimum atomic E-state index is -4.52. The number of hydrogen-bond donors (Lipinski definition) is 3. The molecule has 0 aliphatic heterocycles. The molecular formula is C9H14NO4P. The van der Waals surface area contributed by atoms with Crippen LogP contribution in [0.5, 0.6) is 0 Å². The maximum Gasteiger partial charge on any atom is 0.470 e. The van der Waals surface area contributed by atoms with Crippen LogP contribution in [0.15, 0.2) is 30.3 Å². The molecule has 84 valence electrons. The molecular weight excluding hydrogens is 217 g/mol. The van der Waals surface area contributed by atoms with E-state index in [9.17, 15) is 4.57 Å². The molecule has 15 heavy (non-hydrogen) atoms. The molecule has 2 unspecified atom stereocenters.